The van der Waals surface area contributed by atoms with Crippen LogP contribution in [-0.4, -0.2) is 29.2 Å². The summed E-state index contributed by atoms with van der Waals surface area (Å²) in [6.07, 6.45) is 1.85. The van der Waals surface area contributed by atoms with E-state index in [-0.39, 0.29) is 11.9 Å². The Bertz CT molecular complexity index is 1290. The Morgan fingerprint density at radius 2 is 1.67 bits per heavy atom. The zero-order chi connectivity index (χ0) is 25.5. The molecule has 0 bridgehead atoms. The van der Waals surface area contributed by atoms with Crippen LogP contribution in [0.15, 0.2) is 72.8 Å². The lowest BCUT2D eigenvalue weighted by Gasteiger charge is -2.17. The zero-order valence-electron chi connectivity index (χ0n) is 21.5. The van der Waals surface area contributed by atoms with E-state index in [2.05, 4.69) is 41.9 Å². The summed E-state index contributed by atoms with van der Waals surface area (Å²) >= 11 is 0. The molecule has 6 heteroatoms. The molecule has 0 fully saturated rings. The second kappa shape index (κ2) is 11.8. The van der Waals surface area contributed by atoms with Crippen LogP contribution in [0.1, 0.15) is 67.3 Å². The van der Waals surface area contributed by atoms with Gasteiger partial charge in [0.25, 0.3) is 5.91 Å². The molecule has 1 N–H and O–H groups in total. The number of aryl methyl sites for hydroxylation is 1. The minimum atomic E-state index is -0.273. The maximum atomic E-state index is 13.0. The molecule has 0 spiro atoms. The predicted molar refractivity (Wildman–Crippen MR) is 144 cm³/mol. The van der Waals surface area contributed by atoms with Crippen molar-refractivity contribution >= 4 is 16.9 Å². The second-order valence-corrected chi connectivity index (χ2v) is 9.29. The van der Waals surface area contributed by atoms with Gasteiger partial charge in [0.1, 0.15) is 17.3 Å². The van der Waals surface area contributed by atoms with E-state index in [0.717, 1.165) is 42.0 Å². The molecule has 3 aromatic carbocycles. The summed E-state index contributed by atoms with van der Waals surface area (Å²) in [7, 11) is 1.57. The van der Waals surface area contributed by atoms with Crippen LogP contribution in [-0.2, 0) is 6.54 Å². The van der Waals surface area contributed by atoms with Crippen molar-refractivity contribution in [1.82, 2.24) is 14.9 Å². The van der Waals surface area contributed by atoms with E-state index >= 15 is 0 Å². The minimum Gasteiger partial charge on any atom is -0.496 e. The van der Waals surface area contributed by atoms with Crippen molar-refractivity contribution in [2.45, 2.75) is 52.1 Å². The SMILES string of the molecule is COc1ccccc1C(=O)NC(C)c1nc2ccccc2n1CCCCOc1ccc(C(C)C)cc1. The molecule has 0 radical (unpaired) electrons. The molecule has 0 saturated carbocycles. The van der Waals surface area contributed by atoms with Crippen LogP contribution in [0.25, 0.3) is 11.0 Å². The van der Waals surface area contributed by atoms with Gasteiger partial charge in [0.15, 0.2) is 0 Å². The number of nitrogens with one attached hydrogen (secondary N) is 1. The minimum absolute atomic E-state index is 0.185. The average Bonchev–Trinajstić information content (AvgIpc) is 3.27. The summed E-state index contributed by atoms with van der Waals surface area (Å²) in [6, 6.07) is 23.4. The van der Waals surface area contributed by atoms with Crippen LogP contribution in [0.4, 0.5) is 0 Å². The Balaban J connectivity index is 1.40. The van der Waals surface area contributed by atoms with E-state index in [1.54, 1.807) is 19.2 Å². The molecule has 1 unspecified atom stereocenters. The highest BCUT2D eigenvalue weighted by Crippen LogP contribution is 2.24. The number of amides is 1. The van der Waals surface area contributed by atoms with Gasteiger partial charge in [-0.3, -0.25) is 4.79 Å². The van der Waals surface area contributed by atoms with E-state index in [0.29, 0.717) is 23.8 Å². The number of ether oxygens (including phenoxy) is 2. The number of benzene rings is 3. The summed E-state index contributed by atoms with van der Waals surface area (Å²) in [5.41, 5.74) is 3.81. The second-order valence-electron chi connectivity index (χ2n) is 9.29. The fourth-order valence-corrected chi connectivity index (χ4v) is 4.34. The largest absolute Gasteiger partial charge is 0.496 e. The highest BCUT2D eigenvalue weighted by molar-refractivity contribution is 5.97. The molecule has 6 nitrogen and oxygen atoms in total. The number of hydrogen-bond acceptors (Lipinski definition) is 4. The van der Waals surface area contributed by atoms with Crippen molar-refractivity contribution in [3.05, 3.63) is 89.7 Å². The first-order chi connectivity index (χ1) is 17.5. The summed E-state index contributed by atoms with van der Waals surface area (Å²) in [6.45, 7) is 7.79. The number of methoxy groups -OCH3 is 1. The Morgan fingerprint density at radius 1 is 0.944 bits per heavy atom. The highest BCUT2D eigenvalue weighted by atomic mass is 16.5. The molecule has 1 atom stereocenters. The summed E-state index contributed by atoms with van der Waals surface area (Å²) in [4.78, 5) is 17.8. The Hall–Kier alpha value is -3.80. The number of unbranched alkanes of at least 4 members (excludes halogenated alkanes) is 1. The Morgan fingerprint density at radius 3 is 2.42 bits per heavy atom. The number of carbonyl (C=O) groups is 1. The molecule has 1 heterocycles. The third-order valence-electron chi connectivity index (χ3n) is 6.36. The van der Waals surface area contributed by atoms with Crippen LogP contribution < -0.4 is 14.8 Å². The van der Waals surface area contributed by atoms with E-state index < -0.39 is 0 Å². The number of carbonyl (C=O) groups excluding carboxylic acids is 1. The van der Waals surface area contributed by atoms with Gasteiger partial charge in [-0.2, -0.15) is 0 Å². The predicted octanol–water partition coefficient (Wildman–Crippen LogP) is 6.52. The first-order valence-electron chi connectivity index (χ1n) is 12.6. The quantitative estimate of drug-likeness (QED) is 0.246. The van der Waals surface area contributed by atoms with Crippen LogP contribution >= 0.6 is 0 Å². The van der Waals surface area contributed by atoms with Crippen LogP contribution in [0.5, 0.6) is 11.5 Å². The van der Waals surface area contributed by atoms with Crippen LogP contribution in [0, 0.1) is 0 Å². The maximum absolute atomic E-state index is 13.0. The molecule has 0 aliphatic heterocycles. The number of imidazole rings is 1. The van der Waals surface area contributed by atoms with Gasteiger partial charge in [-0.05, 0) is 67.6 Å². The molecule has 0 aliphatic rings. The van der Waals surface area contributed by atoms with Crippen LogP contribution in [0.3, 0.4) is 0 Å². The Labute approximate surface area is 213 Å². The number of aromatic nitrogens is 2. The van der Waals surface area contributed by atoms with E-state index in [1.165, 1.54) is 5.56 Å². The van der Waals surface area contributed by atoms with Gasteiger partial charge in [-0.1, -0.05) is 50.2 Å². The van der Waals surface area contributed by atoms with Gasteiger partial charge in [0.05, 0.1) is 36.4 Å². The van der Waals surface area contributed by atoms with Gasteiger partial charge in [-0.15, -0.1) is 0 Å². The highest BCUT2D eigenvalue weighted by Gasteiger charge is 2.20. The lowest BCUT2D eigenvalue weighted by molar-refractivity contribution is 0.0934. The Kier molecular flexibility index (Phi) is 8.26. The molecular formula is C30H35N3O3. The first-order valence-corrected chi connectivity index (χ1v) is 12.6. The lowest BCUT2D eigenvalue weighted by Crippen LogP contribution is -2.29. The zero-order valence-corrected chi connectivity index (χ0v) is 21.5. The molecule has 188 valence electrons. The molecule has 4 rings (SSSR count). The molecule has 0 aliphatic carbocycles. The molecular weight excluding hydrogens is 450 g/mol. The number of hydrogen-bond donors (Lipinski definition) is 1. The van der Waals surface area contributed by atoms with Crippen molar-refractivity contribution in [1.29, 1.82) is 0 Å². The topological polar surface area (TPSA) is 65.4 Å². The molecule has 36 heavy (non-hydrogen) atoms. The van der Waals surface area contributed by atoms with E-state index in [9.17, 15) is 4.79 Å². The lowest BCUT2D eigenvalue weighted by atomic mass is 10.0. The molecule has 1 aromatic heterocycles. The maximum Gasteiger partial charge on any atom is 0.255 e. The van der Waals surface area contributed by atoms with Gasteiger partial charge in [0.2, 0.25) is 0 Å². The standard InChI is InChI=1S/C30H35N3O3/c1-21(2)23-15-17-24(18-16-23)36-20-10-9-19-33-27-13-7-6-12-26(27)32-29(33)22(3)31-30(34)25-11-5-8-14-28(25)35-4/h5-8,11-18,21-22H,9-10,19-20H2,1-4H3,(H,31,34). The third kappa shape index (κ3) is 5.88. The third-order valence-corrected chi connectivity index (χ3v) is 6.36. The fourth-order valence-electron chi connectivity index (χ4n) is 4.34. The van der Waals surface area contributed by atoms with Gasteiger partial charge < -0.3 is 19.4 Å². The summed E-state index contributed by atoms with van der Waals surface area (Å²) < 4.78 is 13.5. The first kappa shape index (κ1) is 25.3. The van der Waals surface area contributed by atoms with Crippen molar-refractivity contribution in [3.63, 3.8) is 0 Å². The van der Waals surface area contributed by atoms with Crippen molar-refractivity contribution in [3.8, 4) is 11.5 Å². The normalized spacial score (nSPS) is 12.0. The molecule has 1 amide bonds. The van der Waals surface area contributed by atoms with Crippen molar-refractivity contribution in [2.75, 3.05) is 13.7 Å². The van der Waals surface area contributed by atoms with Gasteiger partial charge >= 0.3 is 0 Å². The number of rotatable bonds is 11. The van der Waals surface area contributed by atoms with Crippen molar-refractivity contribution in [2.24, 2.45) is 0 Å². The van der Waals surface area contributed by atoms with Crippen LogP contribution in [0.2, 0.25) is 0 Å². The van der Waals surface area contributed by atoms with E-state index in [4.69, 9.17) is 14.5 Å². The summed E-state index contributed by atoms with van der Waals surface area (Å²) in [5.74, 6) is 2.62. The molecule has 4 aromatic rings. The summed E-state index contributed by atoms with van der Waals surface area (Å²) in [5, 5.41) is 3.10. The average molecular weight is 486 g/mol. The molecule has 0 saturated heterocycles. The van der Waals surface area contributed by atoms with Crippen molar-refractivity contribution < 1.29 is 14.3 Å². The number of nitrogens with zero attached hydrogens (tertiary/aromatic N) is 2. The van der Waals surface area contributed by atoms with Gasteiger partial charge in [-0.25, -0.2) is 4.98 Å². The monoisotopic (exact) mass is 485 g/mol. The van der Waals surface area contributed by atoms with Gasteiger partial charge in [0, 0.05) is 6.54 Å². The smallest absolute Gasteiger partial charge is 0.255 e. The number of fused-ring (bicyclic) bond motifs is 1. The number of para-hydroxylation sites is 3. The van der Waals surface area contributed by atoms with E-state index in [1.807, 2.05) is 49.4 Å². The fraction of sp³-hybridized carbons (Fsp3) is 0.333.